The van der Waals surface area contributed by atoms with Gasteiger partial charge in [0, 0.05) is 44.9 Å². The molecule has 0 unspecified atom stereocenters. The lowest BCUT2D eigenvalue weighted by Crippen LogP contribution is -2.48. The van der Waals surface area contributed by atoms with Crippen molar-refractivity contribution >= 4 is 23.2 Å². The summed E-state index contributed by atoms with van der Waals surface area (Å²) in [5, 5.41) is 3.39. The number of benzene rings is 1. The lowest BCUT2D eigenvalue weighted by atomic mass is 9.87. The van der Waals surface area contributed by atoms with Crippen LogP contribution < -0.4 is 10.2 Å². The van der Waals surface area contributed by atoms with E-state index in [0.717, 1.165) is 49.3 Å². The molecule has 27 heavy (non-hydrogen) atoms. The van der Waals surface area contributed by atoms with Gasteiger partial charge in [0.15, 0.2) is 0 Å². The summed E-state index contributed by atoms with van der Waals surface area (Å²) in [6, 6.07) is 10.5. The third-order valence-corrected chi connectivity index (χ3v) is 4.90. The Labute approximate surface area is 161 Å². The molecule has 1 saturated heterocycles. The van der Waals surface area contributed by atoms with Gasteiger partial charge in [0.25, 0.3) is 0 Å². The predicted octanol–water partition coefficient (Wildman–Crippen LogP) is 3.49. The van der Waals surface area contributed by atoms with Crippen LogP contribution in [-0.4, -0.2) is 47.0 Å². The second-order valence-corrected chi connectivity index (χ2v) is 8.10. The number of aryl methyl sites for hydroxylation is 1. The second kappa shape index (κ2) is 7.55. The Morgan fingerprint density at radius 2 is 1.67 bits per heavy atom. The van der Waals surface area contributed by atoms with Crippen LogP contribution in [0, 0.1) is 6.92 Å². The first-order chi connectivity index (χ1) is 12.7. The highest BCUT2D eigenvalue weighted by molar-refractivity contribution is 5.73. The molecule has 1 fully saturated rings. The van der Waals surface area contributed by atoms with Crippen LogP contribution in [0.3, 0.4) is 0 Å². The van der Waals surface area contributed by atoms with Crippen molar-refractivity contribution in [3.63, 3.8) is 0 Å². The van der Waals surface area contributed by atoms with Crippen molar-refractivity contribution in [2.24, 2.45) is 0 Å². The number of aromatic nitrogens is 2. The van der Waals surface area contributed by atoms with Crippen molar-refractivity contribution in [3.8, 4) is 0 Å². The van der Waals surface area contributed by atoms with Gasteiger partial charge in [0.1, 0.15) is 17.5 Å². The summed E-state index contributed by atoms with van der Waals surface area (Å²) < 4.78 is 0. The van der Waals surface area contributed by atoms with Crippen LogP contribution in [0.15, 0.2) is 30.3 Å². The summed E-state index contributed by atoms with van der Waals surface area (Å²) in [5.74, 6) is 2.56. The molecule has 0 spiro atoms. The van der Waals surface area contributed by atoms with Crippen LogP contribution in [0.1, 0.15) is 39.1 Å². The number of carbonyl (C=O) groups excluding carboxylic acids is 1. The molecule has 0 bridgehead atoms. The van der Waals surface area contributed by atoms with Crippen LogP contribution in [0.2, 0.25) is 0 Å². The molecule has 1 amide bonds. The van der Waals surface area contributed by atoms with Gasteiger partial charge in [0.05, 0.1) is 0 Å². The van der Waals surface area contributed by atoms with E-state index in [1.165, 1.54) is 5.56 Å². The van der Waals surface area contributed by atoms with Gasteiger partial charge in [-0.2, -0.15) is 0 Å². The van der Waals surface area contributed by atoms with E-state index in [0.29, 0.717) is 0 Å². The summed E-state index contributed by atoms with van der Waals surface area (Å²) in [6.07, 6.45) is 0. The van der Waals surface area contributed by atoms with E-state index in [-0.39, 0.29) is 11.3 Å². The first-order valence-corrected chi connectivity index (χ1v) is 9.46. The van der Waals surface area contributed by atoms with E-state index >= 15 is 0 Å². The van der Waals surface area contributed by atoms with Gasteiger partial charge < -0.3 is 15.1 Å². The first kappa shape index (κ1) is 19.1. The van der Waals surface area contributed by atoms with Crippen molar-refractivity contribution in [3.05, 3.63) is 41.7 Å². The fraction of sp³-hybridized carbons (Fsp3) is 0.476. The quantitative estimate of drug-likeness (QED) is 0.900. The maximum Gasteiger partial charge on any atom is 0.219 e. The van der Waals surface area contributed by atoms with E-state index in [1.807, 2.05) is 17.9 Å². The fourth-order valence-electron chi connectivity index (χ4n) is 3.23. The molecule has 6 heteroatoms. The Balaban J connectivity index is 1.73. The molecule has 1 aliphatic heterocycles. The van der Waals surface area contributed by atoms with E-state index in [2.05, 4.69) is 65.2 Å². The van der Waals surface area contributed by atoms with Crippen molar-refractivity contribution in [1.29, 1.82) is 0 Å². The molecule has 0 aliphatic carbocycles. The number of amides is 1. The molecule has 1 aliphatic rings. The van der Waals surface area contributed by atoms with E-state index < -0.39 is 0 Å². The smallest absolute Gasteiger partial charge is 0.219 e. The summed E-state index contributed by atoms with van der Waals surface area (Å²) in [6.45, 7) is 13.2. The van der Waals surface area contributed by atoms with E-state index in [1.54, 1.807) is 6.92 Å². The lowest BCUT2D eigenvalue weighted by molar-refractivity contribution is -0.129. The van der Waals surface area contributed by atoms with Crippen molar-refractivity contribution in [2.45, 2.75) is 40.0 Å². The molecule has 0 radical (unpaired) electrons. The van der Waals surface area contributed by atoms with Crippen LogP contribution in [-0.2, 0) is 10.2 Å². The molecule has 1 aromatic heterocycles. The Morgan fingerprint density at radius 1 is 1.04 bits per heavy atom. The molecule has 1 N–H and O–H groups in total. The molecule has 0 atom stereocenters. The molecule has 0 saturated carbocycles. The zero-order chi connectivity index (χ0) is 19.6. The highest BCUT2D eigenvalue weighted by atomic mass is 16.2. The number of piperazine rings is 1. The van der Waals surface area contributed by atoms with Gasteiger partial charge in [-0.3, -0.25) is 4.79 Å². The monoisotopic (exact) mass is 367 g/mol. The summed E-state index contributed by atoms with van der Waals surface area (Å²) in [5.41, 5.74) is 2.45. The number of nitrogens with one attached hydrogen (secondary N) is 1. The molecular formula is C21H29N5O. The minimum absolute atomic E-state index is 0.134. The standard InChI is InChI=1S/C21H29N5O/c1-15-22-19(24-18-8-6-17(7-9-18)21(3,4)5)14-20(23-15)26-12-10-25(11-13-26)16(2)27/h6-9,14H,10-13H2,1-5H3,(H,22,23,24). The normalized spacial score (nSPS) is 15.0. The highest BCUT2D eigenvalue weighted by Crippen LogP contribution is 2.25. The van der Waals surface area contributed by atoms with E-state index in [4.69, 9.17) is 0 Å². The van der Waals surface area contributed by atoms with Gasteiger partial charge in [-0.25, -0.2) is 9.97 Å². The van der Waals surface area contributed by atoms with Crippen molar-refractivity contribution < 1.29 is 4.79 Å². The van der Waals surface area contributed by atoms with Crippen molar-refractivity contribution in [2.75, 3.05) is 36.4 Å². The van der Waals surface area contributed by atoms with Gasteiger partial charge in [-0.1, -0.05) is 32.9 Å². The van der Waals surface area contributed by atoms with Crippen LogP contribution in [0.4, 0.5) is 17.3 Å². The van der Waals surface area contributed by atoms with Gasteiger partial charge in [-0.15, -0.1) is 0 Å². The summed E-state index contributed by atoms with van der Waals surface area (Å²) in [7, 11) is 0. The Bertz CT molecular complexity index is 802. The van der Waals surface area contributed by atoms with Crippen molar-refractivity contribution in [1.82, 2.24) is 14.9 Å². The summed E-state index contributed by atoms with van der Waals surface area (Å²) in [4.78, 5) is 24.7. The number of hydrogen-bond donors (Lipinski definition) is 1. The van der Waals surface area contributed by atoms with Gasteiger partial charge in [0.2, 0.25) is 5.91 Å². The van der Waals surface area contributed by atoms with E-state index in [9.17, 15) is 4.79 Å². The Morgan fingerprint density at radius 3 is 2.22 bits per heavy atom. The fourth-order valence-corrected chi connectivity index (χ4v) is 3.23. The van der Waals surface area contributed by atoms with Gasteiger partial charge in [-0.05, 0) is 30.0 Å². The largest absolute Gasteiger partial charge is 0.353 e. The molecule has 6 nitrogen and oxygen atoms in total. The number of carbonyl (C=O) groups is 1. The average Bonchev–Trinajstić information content (AvgIpc) is 2.61. The van der Waals surface area contributed by atoms with Crippen LogP contribution in [0.5, 0.6) is 0 Å². The molecule has 144 valence electrons. The van der Waals surface area contributed by atoms with Gasteiger partial charge >= 0.3 is 0 Å². The number of nitrogens with zero attached hydrogens (tertiary/aromatic N) is 4. The predicted molar refractivity (Wildman–Crippen MR) is 110 cm³/mol. The minimum Gasteiger partial charge on any atom is -0.353 e. The third kappa shape index (κ3) is 4.76. The molecule has 2 aromatic rings. The molecule has 3 rings (SSSR count). The van der Waals surface area contributed by atoms with Crippen LogP contribution in [0.25, 0.3) is 0 Å². The maximum absolute atomic E-state index is 11.5. The highest BCUT2D eigenvalue weighted by Gasteiger charge is 2.20. The summed E-state index contributed by atoms with van der Waals surface area (Å²) >= 11 is 0. The average molecular weight is 367 g/mol. The number of hydrogen-bond acceptors (Lipinski definition) is 5. The number of rotatable bonds is 3. The number of anilines is 3. The third-order valence-electron chi connectivity index (χ3n) is 4.90. The Kier molecular flexibility index (Phi) is 5.35. The zero-order valence-corrected chi connectivity index (χ0v) is 16.9. The van der Waals surface area contributed by atoms with Crippen LogP contribution >= 0.6 is 0 Å². The minimum atomic E-state index is 0.134. The molecular weight excluding hydrogens is 338 g/mol. The zero-order valence-electron chi connectivity index (χ0n) is 16.9. The molecule has 1 aromatic carbocycles. The topological polar surface area (TPSA) is 61.4 Å². The SMILES string of the molecule is CC(=O)N1CCN(c2cc(Nc3ccc(C(C)(C)C)cc3)nc(C)n2)CC1. The first-order valence-electron chi connectivity index (χ1n) is 9.46. The maximum atomic E-state index is 11.5. The lowest BCUT2D eigenvalue weighted by Gasteiger charge is -2.35. The Hall–Kier alpha value is -2.63. The molecule has 2 heterocycles. The second-order valence-electron chi connectivity index (χ2n) is 8.10.